The molecular weight excluding hydrogens is 416 g/mol. The Morgan fingerprint density at radius 1 is 1.06 bits per heavy atom. The van der Waals surface area contributed by atoms with Gasteiger partial charge in [-0.2, -0.15) is 0 Å². The van der Waals surface area contributed by atoms with E-state index in [0.29, 0.717) is 40.4 Å². The average molecular weight is 433 g/mol. The number of halogens is 2. The van der Waals surface area contributed by atoms with Crippen LogP contribution in [0.5, 0.6) is 0 Å². The predicted molar refractivity (Wildman–Crippen MR) is 116 cm³/mol. The van der Waals surface area contributed by atoms with Gasteiger partial charge in [0.05, 0.1) is 29.0 Å². The van der Waals surface area contributed by atoms with E-state index in [9.17, 15) is 13.6 Å². The molecule has 0 aliphatic carbocycles. The Kier molecular flexibility index (Phi) is 4.81. The summed E-state index contributed by atoms with van der Waals surface area (Å²) in [5.41, 5.74) is 1.43. The van der Waals surface area contributed by atoms with Gasteiger partial charge in [0.15, 0.2) is 11.5 Å². The quantitative estimate of drug-likeness (QED) is 0.436. The molecule has 0 fully saturated rings. The van der Waals surface area contributed by atoms with Gasteiger partial charge >= 0.3 is 0 Å². The third-order valence-electron chi connectivity index (χ3n) is 5.19. The van der Waals surface area contributed by atoms with E-state index in [1.807, 2.05) is 6.92 Å². The zero-order valence-corrected chi connectivity index (χ0v) is 16.9. The van der Waals surface area contributed by atoms with Gasteiger partial charge in [0.1, 0.15) is 29.3 Å². The Morgan fingerprint density at radius 3 is 2.62 bits per heavy atom. The fraction of sp³-hybridized carbons (Fsp3) is 0.136. The molecule has 0 aliphatic heterocycles. The lowest BCUT2D eigenvalue weighted by atomic mass is 10.1. The lowest BCUT2D eigenvalue weighted by molar-refractivity contribution is 0.624. The van der Waals surface area contributed by atoms with Gasteiger partial charge in [0.2, 0.25) is 0 Å². The van der Waals surface area contributed by atoms with Crippen molar-refractivity contribution in [3.05, 3.63) is 82.9 Å². The van der Waals surface area contributed by atoms with Crippen LogP contribution in [0, 0.1) is 11.6 Å². The highest BCUT2D eigenvalue weighted by atomic mass is 19.1. The lowest BCUT2D eigenvalue weighted by Crippen LogP contribution is -2.28. The van der Waals surface area contributed by atoms with Gasteiger partial charge < -0.3 is 10.3 Å². The summed E-state index contributed by atoms with van der Waals surface area (Å²) in [5, 5.41) is 3.44. The van der Waals surface area contributed by atoms with Crippen molar-refractivity contribution >= 4 is 27.9 Å². The van der Waals surface area contributed by atoms with Crippen LogP contribution in [0.2, 0.25) is 0 Å². The third-order valence-corrected chi connectivity index (χ3v) is 5.19. The fourth-order valence-corrected chi connectivity index (χ4v) is 3.64. The number of anilines is 1. The second kappa shape index (κ2) is 7.80. The molecule has 0 aliphatic rings. The summed E-state index contributed by atoms with van der Waals surface area (Å²) < 4.78 is 28.8. The first-order chi connectivity index (χ1) is 15.5. The monoisotopic (exact) mass is 433 g/mol. The largest absolute Gasteiger partial charge is 0.358 e. The highest BCUT2D eigenvalue weighted by Gasteiger charge is 2.22. The van der Waals surface area contributed by atoms with E-state index in [0.717, 1.165) is 6.07 Å². The number of nitrogens with zero attached hydrogens (tertiary/aromatic N) is 5. The van der Waals surface area contributed by atoms with Crippen molar-refractivity contribution in [2.45, 2.75) is 19.4 Å². The summed E-state index contributed by atoms with van der Waals surface area (Å²) in [7, 11) is 0. The zero-order chi connectivity index (χ0) is 22.2. The van der Waals surface area contributed by atoms with Crippen LogP contribution in [0.4, 0.5) is 14.6 Å². The van der Waals surface area contributed by atoms with Crippen molar-refractivity contribution < 1.29 is 8.78 Å². The molecule has 1 atom stereocenters. The first-order valence-corrected chi connectivity index (χ1v) is 9.94. The van der Waals surface area contributed by atoms with E-state index < -0.39 is 23.2 Å². The smallest absolute Gasteiger partial charge is 0.266 e. The van der Waals surface area contributed by atoms with Crippen LogP contribution in [0.25, 0.3) is 27.8 Å². The van der Waals surface area contributed by atoms with Crippen LogP contribution in [0.15, 0.2) is 59.9 Å². The molecule has 0 unspecified atom stereocenters. The number of aromatic amines is 1. The molecule has 8 nitrogen and oxygen atoms in total. The Bertz CT molecular complexity index is 1490. The summed E-state index contributed by atoms with van der Waals surface area (Å²) in [4.78, 5) is 33.6. The normalized spacial score (nSPS) is 12.3. The number of hydrogen-bond acceptors (Lipinski definition) is 6. The molecule has 0 bridgehead atoms. The maximum Gasteiger partial charge on any atom is 0.266 e. The van der Waals surface area contributed by atoms with Gasteiger partial charge in [-0.15, -0.1) is 0 Å². The Balaban J connectivity index is 1.72. The molecule has 32 heavy (non-hydrogen) atoms. The number of hydrogen-bond donors (Lipinski definition) is 2. The maximum atomic E-state index is 13.9. The minimum Gasteiger partial charge on any atom is -0.358 e. The minimum absolute atomic E-state index is 0.130. The molecule has 0 saturated heterocycles. The van der Waals surface area contributed by atoms with E-state index in [4.69, 9.17) is 0 Å². The van der Waals surface area contributed by atoms with E-state index in [2.05, 4.69) is 30.2 Å². The van der Waals surface area contributed by atoms with E-state index in [1.54, 1.807) is 0 Å². The van der Waals surface area contributed by atoms with Crippen molar-refractivity contribution in [2.24, 2.45) is 0 Å². The lowest BCUT2D eigenvalue weighted by Gasteiger charge is -2.22. The summed E-state index contributed by atoms with van der Waals surface area (Å²) >= 11 is 0. The summed E-state index contributed by atoms with van der Waals surface area (Å²) in [6, 6.07) is 8.91. The van der Waals surface area contributed by atoms with Gasteiger partial charge in [-0.25, -0.2) is 28.7 Å². The maximum absolute atomic E-state index is 13.9. The van der Waals surface area contributed by atoms with Gasteiger partial charge in [-0.05, 0) is 48.9 Å². The van der Waals surface area contributed by atoms with Crippen molar-refractivity contribution in [2.75, 3.05) is 5.32 Å². The van der Waals surface area contributed by atoms with Crippen molar-refractivity contribution in [3.8, 4) is 5.69 Å². The highest BCUT2D eigenvalue weighted by Crippen LogP contribution is 2.26. The van der Waals surface area contributed by atoms with Gasteiger partial charge in [0.25, 0.3) is 5.56 Å². The fourth-order valence-electron chi connectivity index (χ4n) is 3.64. The number of benzene rings is 2. The summed E-state index contributed by atoms with van der Waals surface area (Å²) in [5.74, 6) is -0.0912. The first kappa shape index (κ1) is 19.7. The molecule has 0 amide bonds. The van der Waals surface area contributed by atoms with E-state index >= 15 is 0 Å². The molecule has 3 aromatic heterocycles. The molecule has 0 saturated carbocycles. The van der Waals surface area contributed by atoms with Crippen LogP contribution < -0.4 is 10.9 Å². The number of fused-ring (bicyclic) bond motifs is 2. The highest BCUT2D eigenvalue weighted by molar-refractivity contribution is 5.82. The summed E-state index contributed by atoms with van der Waals surface area (Å²) in [6.45, 7) is 1.93. The van der Waals surface area contributed by atoms with Gasteiger partial charge in [-0.3, -0.25) is 9.36 Å². The Labute approximate surface area is 180 Å². The van der Waals surface area contributed by atoms with Crippen molar-refractivity contribution in [1.82, 2.24) is 29.5 Å². The molecule has 2 aromatic carbocycles. The Hall–Kier alpha value is -4.21. The molecular formula is C22H17F2N7O. The van der Waals surface area contributed by atoms with Crippen LogP contribution in [0.3, 0.4) is 0 Å². The zero-order valence-electron chi connectivity index (χ0n) is 16.9. The molecule has 0 spiro atoms. The minimum atomic E-state index is -0.539. The second-order valence-electron chi connectivity index (χ2n) is 7.18. The number of nitrogens with one attached hydrogen (secondary N) is 2. The molecule has 10 heteroatoms. The number of rotatable bonds is 5. The van der Waals surface area contributed by atoms with E-state index in [1.165, 1.54) is 53.6 Å². The van der Waals surface area contributed by atoms with E-state index in [-0.39, 0.29) is 5.39 Å². The predicted octanol–water partition coefficient (Wildman–Crippen LogP) is 3.89. The number of aromatic nitrogens is 6. The summed E-state index contributed by atoms with van der Waals surface area (Å²) in [6.07, 6.45) is 3.45. The molecule has 2 N–H and O–H groups in total. The van der Waals surface area contributed by atoms with Crippen LogP contribution in [0.1, 0.15) is 25.2 Å². The molecule has 3 heterocycles. The van der Waals surface area contributed by atoms with Gasteiger partial charge in [0, 0.05) is 0 Å². The molecule has 0 radical (unpaired) electrons. The van der Waals surface area contributed by atoms with Crippen LogP contribution in [-0.2, 0) is 0 Å². The Morgan fingerprint density at radius 2 is 1.84 bits per heavy atom. The van der Waals surface area contributed by atoms with Crippen molar-refractivity contribution in [1.29, 1.82) is 0 Å². The molecule has 160 valence electrons. The average Bonchev–Trinajstić information content (AvgIpc) is 3.28. The number of imidazole rings is 1. The molecule has 5 rings (SSSR count). The van der Waals surface area contributed by atoms with Crippen molar-refractivity contribution in [3.63, 3.8) is 0 Å². The van der Waals surface area contributed by atoms with Crippen LogP contribution in [-0.4, -0.2) is 29.5 Å². The third kappa shape index (κ3) is 3.35. The second-order valence-corrected chi connectivity index (χ2v) is 7.18. The standard InChI is InChI=1S/C22H17F2N7O/c1-2-16(29-20-18-19(26-10-25-18)27-11-28-20)21-30-17-8-5-13(24)9-15(17)22(32)31(21)14-6-3-12(23)4-7-14/h3-11,16H,2H2,1H3,(H2,25,26,27,28,29)/t16-/m0/s1. The molecule has 5 aromatic rings. The first-order valence-electron chi connectivity index (χ1n) is 9.94. The number of H-pyrrole nitrogens is 1. The van der Waals surface area contributed by atoms with Crippen LogP contribution >= 0.6 is 0 Å². The topological polar surface area (TPSA) is 101 Å². The van der Waals surface area contributed by atoms with Gasteiger partial charge in [-0.1, -0.05) is 6.92 Å². The SMILES string of the molecule is CC[C@H](Nc1ncnc2nc[nH]c12)c1nc2ccc(F)cc2c(=O)n1-c1ccc(F)cc1.